The molecule has 5 heteroatoms. The van der Waals surface area contributed by atoms with Gasteiger partial charge in [-0.1, -0.05) is 19.1 Å². The highest BCUT2D eigenvalue weighted by molar-refractivity contribution is 5.54. The van der Waals surface area contributed by atoms with Gasteiger partial charge in [0, 0.05) is 17.5 Å². The first-order chi connectivity index (χ1) is 8.63. The monoisotopic (exact) mass is 246 g/mol. The quantitative estimate of drug-likeness (QED) is 0.836. The van der Waals surface area contributed by atoms with Crippen LogP contribution < -0.4 is 5.73 Å². The summed E-state index contributed by atoms with van der Waals surface area (Å²) in [5.41, 5.74) is 6.67. The van der Waals surface area contributed by atoms with E-state index in [0.717, 1.165) is 12.2 Å². The van der Waals surface area contributed by atoms with Crippen LogP contribution in [0.3, 0.4) is 0 Å². The van der Waals surface area contributed by atoms with Gasteiger partial charge in [0.15, 0.2) is 5.82 Å². The Bertz CT molecular complexity index is 578. The third-order valence-corrected chi connectivity index (χ3v) is 3.29. The fourth-order valence-electron chi connectivity index (χ4n) is 2.46. The van der Waals surface area contributed by atoms with Gasteiger partial charge in [-0.05, 0) is 18.6 Å². The van der Waals surface area contributed by atoms with Crippen LogP contribution in [0.5, 0.6) is 0 Å². The second kappa shape index (κ2) is 4.17. The van der Waals surface area contributed by atoms with Crippen LogP contribution in [0.1, 0.15) is 25.1 Å². The lowest BCUT2D eigenvalue weighted by molar-refractivity contribution is 0.382. The Balaban J connectivity index is 2.03. The van der Waals surface area contributed by atoms with Gasteiger partial charge in [-0.15, -0.1) is 0 Å². The van der Waals surface area contributed by atoms with E-state index in [-0.39, 0.29) is 11.9 Å². The minimum atomic E-state index is -0.273. The number of benzene rings is 1. The van der Waals surface area contributed by atoms with Crippen LogP contribution in [0.25, 0.3) is 11.4 Å². The normalized spacial score (nSPS) is 22.8. The van der Waals surface area contributed by atoms with E-state index in [2.05, 4.69) is 17.0 Å². The molecule has 0 bridgehead atoms. The summed E-state index contributed by atoms with van der Waals surface area (Å²) in [5.74, 6) is 1.54. The highest BCUT2D eigenvalue weighted by Gasteiger charge is 2.25. The van der Waals surface area contributed by atoms with Gasteiger partial charge < -0.3 is 5.73 Å². The first-order valence-electron chi connectivity index (χ1n) is 6.10. The molecule has 2 unspecified atom stereocenters. The molecule has 0 fully saturated rings. The Kier molecular flexibility index (Phi) is 2.63. The molecule has 4 nitrogen and oxygen atoms in total. The van der Waals surface area contributed by atoms with Crippen molar-refractivity contribution in [2.24, 2.45) is 5.73 Å². The van der Waals surface area contributed by atoms with Crippen LogP contribution in [0, 0.1) is 5.82 Å². The predicted octanol–water partition coefficient (Wildman–Crippen LogP) is 1.92. The number of halogens is 1. The number of nitrogens with two attached hydrogens (primary N) is 1. The van der Waals surface area contributed by atoms with Crippen LogP contribution in [0.2, 0.25) is 0 Å². The second-order valence-electron chi connectivity index (χ2n) is 4.88. The van der Waals surface area contributed by atoms with E-state index in [1.807, 2.05) is 10.7 Å². The number of nitrogens with zero attached hydrogens (tertiary/aromatic N) is 3. The van der Waals surface area contributed by atoms with Gasteiger partial charge in [0.05, 0.1) is 6.54 Å². The standard InChI is InChI=1S/C13H15FN4/c1-8-5-11(15)7-18-13(8)16-12(17-18)9-3-2-4-10(14)6-9/h2-4,6,8,11H,5,7,15H2,1H3. The van der Waals surface area contributed by atoms with Crippen LogP contribution in [-0.2, 0) is 6.54 Å². The summed E-state index contributed by atoms with van der Waals surface area (Å²) in [6.45, 7) is 2.77. The number of fused-ring (bicyclic) bond motifs is 1. The van der Waals surface area contributed by atoms with Crippen molar-refractivity contribution < 1.29 is 4.39 Å². The molecule has 0 saturated heterocycles. The Morgan fingerprint density at radius 3 is 3.06 bits per heavy atom. The lowest BCUT2D eigenvalue weighted by Crippen LogP contribution is -2.34. The topological polar surface area (TPSA) is 56.7 Å². The molecule has 2 N–H and O–H groups in total. The molecule has 1 aromatic carbocycles. The highest BCUT2D eigenvalue weighted by atomic mass is 19.1. The first-order valence-corrected chi connectivity index (χ1v) is 6.10. The largest absolute Gasteiger partial charge is 0.326 e. The van der Waals surface area contributed by atoms with Crippen LogP contribution in [-0.4, -0.2) is 20.8 Å². The molecule has 0 saturated carbocycles. The summed E-state index contributed by atoms with van der Waals surface area (Å²) in [4.78, 5) is 4.51. The van der Waals surface area contributed by atoms with Gasteiger partial charge in [-0.3, -0.25) is 0 Å². The fraction of sp³-hybridized carbons (Fsp3) is 0.385. The molecular formula is C13H15FN4. The van der Waals surface area contributed by atoms with Crippen molar-refractivity contribution in [3.05, 3.63) is 35.9 Å². The molecule has 3 rings (SSSR count). The first kappa shape index (κ1) is 11.3. The Morgan fingerprint density at radius 2 is 2.28 bits per heavy atom. The fourth-order valence-corrected chi connectivity index (χ4v) is 2.46. The van der Waals surface area contributed by atoms with E-state index in [4.69, 9.17) is 5.73 Å². The maximum absolute atomic E-state index is 13.2. The van der Waals surface area contributed by atoms with Crippen molar-refractivity contribution in [3.63, 3.8) is 0 Å². The molecule has 0 radical (unpaired) electrons. The molecule has 1 aliphatic rings. The van der Waals surface area contributed by atoms with Gasteiger partial charge in [0.2, 0.25) is 0 Å². The van der Waals surface area contributed by atoms with Crippen molar-refractivity contribution in [3.8, 4) is 11.4 Å². The lowest BCUT2D eigenvalue weighted by Gasteiger charge is -2.23. The Labute approximate surface area is 105 Å². The van der Waals surface area contributed by atoms with Crippen molar-refractivity contribution >= 4 is 0 Å². The lowest BCUT2D eigenvalue weighted by atomic mass is 9.98. The zero-order valence-electron chi connectivity index (χ0n) is 10.2. The van der Waals surface area contributed by atoms with Gasteiger partial charge in [0.1, 0.15) is 11.6 Å². The van der Waals surface area contributed by atoms with E-state index in [0.29, 0.717) is 23.9 Å². The second-order valence-corrected chi connectivity index (χ2v) is 4.88. The van der Waals surface area contributed by atoms with Crippen LogP contribution in [0.15, 0.2) is 24.3 Å². The van der Waals surface area contributed by atoms with Crippen LogP contribution >= 0.6 is 0 Å². The van der Waals surface area contributed by atoms with E-state index in [1.165, 1.54) is 12.1 Å². The average Bonchev–Trinajstić information content (AvgIpc) is 2.73. The molecule has 1 aromatic heterocycles. The highest BCUT2D eigenvalue weighted by Crippen LogP contribution is 2.27. The molecule has 94 valence electrons. The maximum Gasteiger partial charge on any atom is 0.181 e. The minimum absolute atomic E-state index is 0.120. The number of hydrogen-bond acceptors (Lipinski definition) is 3. The minimum Gasteiger partial charge on any atom is -0.326 e. The molecule has 2 heterocycles. The molecule has 18 heavy (non-hydrogen) atoms. The summed E-state index contributed by atoms with van der Waals surface area (Å²) >= 11 is 0. The molecule has 1 aliphatic heterocycles. The third kappa shape index (κ3) is 1.90. The predicted molar refractivity (Wildman–Crippen MR) is 66.4 cm³/mol. The van der Waals surface area contributed by atoms with E-state index >= 15 is 0 Å². The van der Waals surface area contributed by atoms with Crippen molar-refractivity contribution in [2.75, 3.05) is 0 Å². The molecule has 0 spiro atoms. The Hall–Kier alpha value is -1.75. The van der Waals surface area contributed by atoms with Gasteiger partial charge >= 0.3 is 0 Å². The molecular weight excluding hydrogens is 231 g/mol. The molecule has 0 aliphatic carbocycles. The number of hydrogen-bond donors (Lipinski definition) is 1. The summed E-state index contributed by atoms with van der Waals surface area (Å²) in [6, 6.07) is 6.47. The summed E-state index contributed by atoms with van der Waals surface area (Å²) in [6.07, 6.45) is 0.918. The summed E-state index contributed by atoms with van der Waals surface area (Å²) in [5, 5.41) is 4.42. The molecule has 2 atom stereocenters. The van der Waals surface area contributed by atoms with Gasteiger partial charge in [-0.25, -0.2) is 14.1 Å². The van der Waals surface area contributed by atoms with Crippen molar-refractivity contribution in [2.45, 2.75) is 31.8 Å². The maximum atomic E-state index is 13.2. The van der Waals surface area contributed by atoms with Crippen LogP contribution in [0.4, 0.5) is 4.39 Å². The van der Waals surface area contributed by atoms with Gasteiger partial charge in [-0.2, -0.15) is 5.10 Å². The van der Waals surface area contributed by atoms with E-state index in [1.54, 1.807) is 6.07 Å². The van der Waals surface area contributed by atoms with Crippen molar-refractivity contribution in [1.29, 1.82) is 0 Å². The third-order valence-electron chi connectivity index (χ3n) is 3.29. The summed E-state index contributed by atoms with van der Waals surface area (Å²) < 4.78 is 15.0. The smallest absolute Gasteiger partial charge is 0.181 e. The van der Waals surface area contributed by atoms with Crippen molar-refractivity contribution in [1.82, 2.24) is 14.8 Å². The number of aromatic nitrogens is 3. The SMILES string of the molecule is CC1CC(N)Cn2nc(-c3cccc(F)c3)nc21. The zero-order valence-corrected chi connectivity index (χ0v) is 10.2. The van der Waals surface area contributed by atoms with Gasteiger partial charge in [0.25, 0.3) is 0 Å². The molecule has 2 aromatic rings. The average molecular weight is 246 g/mol. The Morgan fingerprint density at radius 1 is 1.44 bits per heavy atom. The summed E-state index contributed by atoms with van der Waals surface area (Å²) in [7, 11) is 0. The van der Waals surface area contributed by atoms with E-state index in [9.17, 15) is 4.39 Å². The molecule has 0 amide bonds. The zero-order chi connectivity index (χ0) is 12.7. The number of rotatable bonds is 1. The van der Waals surface area contributed by atoms with E-state index < -0.39 is 0 Å².